The van der Waals surface area contributed by atoms with E-state index in [-0.39, 0.29) is 18.3 Å². The van der Waals surface area contributed by atoms with Crippen molar-refractivity contribution in [2.45, 2.75) is 17.0 Å². The number of H-pyrrole nitrogens is 1. The quantitative estimate of drug-likeness (QED) is 0.327. The lowest BCUT2D eigenvalue weighted by molar-refractivity contribution is -0.115. The molecule has 0 aliphatic rings. The van der Waals surface area contributed by atoms with Gasteiger partial charge in [0.1, 0.15) is 23.4 Å². The molecule has 32 heavy (non-hydrogen) atoms. The Bertz CT molecular complexity index is 1170. The third-order valence-corrected chi connectivity index (χ3v) is 5.74. The van der Waals surface area contributed by atoms with E-state index in [0.29, 0.717) is 27.4 Å². The van der Waals surface area contributed by atoms with Crippen molar-refractivity contribution in [2.24, 2.45) is 0 Å². The summed E-state index contributed by atoms with van der Waals surface area (Å²) in [4.78, 5) is 17.4. The van der Waals surface area contributed by atoms with E-state index in [2.05, 4.69) is 20.5 Å². The minimum Gasteiger partial charge on any atom is -0.486 e. The van der Waals surface area contributed by atoms with Crippen LogP contribution in [0.15, 0.2) is 84.0 Å². The van der Waals surface area contributed by atoms with Crippen molar-refractivity contribution in [2.75, 3.05) is 5.32 Å². The maximum atomic E-state index is 13.2. The average molecular weight is 469 g/mol. The van der Waals surface area contributed by atoms with Crippen LogP contribution < -0.4 is 10.1 Å². The Morgan fingerprint density at radius 2 is 1.78 bits per heavy atom. The van der Waals surface area contributed by atoms with Crippen LogP contribution in [-0.2, 0) is 11.4 Å². The van der Waals surface area contributed by atoms with Gasteiger partial charge in [-0.3, -0.25) is 9.89 Å². The first-order valence-corrected chi connectivity index (χ1v) is 10.9. The van der Waals surface area contributed by atoms with Crippen molar-refractivity contribution in [3.05, 3.63) is 101 Å². The molecule has 4 aromatic rings. The van der Waals surface area contributed by atoms with Gasteiger partial charge < -0.3 is 10.1 Å². The van der Waals surface area contributed by atoms with Crippen molar-refractivity contribution in [3.63, 3.8) is 0 Å². The summed E-state index contributed by atoms with van der Waals surface area (Å²) in [5.74, 6) is 0.539. The lowest BCUT2D eigenvalue weighted by Gasteiger charge is -2.15. The fourth-order valence-corrected chi connectivity index (χ4v) is 3.88. The number of nitrogens with zero attached hydrogens (tertiary/aromatic N) is 2. The number of nitrogens with one attached hydrogen (secondary N) is 2. The molecule has 0 bridgehead atoms. The summed E-state index contributed by atoms with van der Waals surface area (Å²) < 4.78 is 18.8. The van der Waals surface area contributed by atoms with Crippen LogP contribution in [0.4, 0.5) is 10.1 Å². The monoisotopic (exact) mass is 468 g/mol. The summed E-state index contributed by atoms with van der Waals surface area (Å²) in [6.45, 7) is 0.187. The largest absolute Gasteiger partial charge is 0.486 e. The third-order valence-electron chi connectivity index (χ3n) is 4.38. The van der Waals surface area contributed by atoms with Gasteiger partial charge in [-0.25, -0.2) is 9.37 Å². The predicted molar refractivity (Wildman–Crippen MR) is 122 cm³/mol. The summed E-state index contributed by atoms with van der Waals surface area (Å²) in [5, 5.41) is 10.3. The molecule has 4 rings (SSSR count). The molecule has 1 heterocycles. The van der Waals surface area contributed by atoms with Gasteiger partial charge in [0.05, 0.1) is 0 Å². The van der Waals surface area contributed by atoms with Crippen LogP contribution in [0.25, 0.3) is 0 Å². The molecular formula is C23H18ClFN4O2S. The highest BCUT2D eigenvalue weighted by atomic mass is 35.5. The Balaban J connectivity index is 1.45. The SMILES string of the molecule is O=C(Nc1ccc(F)cc1)C(Sc1n[nH]c(COc2ccc(Cl)cc2)n1)c1ccccc1. The molecule has 1 atom stereocenters. The minimum atomic E-state index is -0.609. The molecule has 0 aliphatic heterocycles. The average Bonchev–Trinajstić information content (AvgIpc) is 3.27. The third kappa shape index (κ3) is 5.87. The summed E-state index contributed by atoms with van der Waals surface area (Å²) >= 11 is 7.08. The van der Waals surface area contributed by atoms with Crippen LogP contribution in [0, 0.1) is 5.82 Å². The van der Waals surface area contributed by atoms with E-state index in [9.17, 15) is 9.18 Å². The molecule has 0 spiro atoms. The van der Waals surface area contributed by atoms with Crippen LogP contribution in [-0.4, -0.2) is 21.1 Å². The molecule has 1 aromatic heterocycles. The number of thioether (sulfide) groups is 1. The molecule has 0 radical (unpaired) electrons. The Kier molecular flexibility index (Phi) is 7.03. The maximum Gasteiger partial charge on any atom is 0.242 e. The van der Waals surface area contributed by atoms with Crippen molar-refractivity contribution in [1.82, 2.24) is 15.2 Å². The van der Waals surface area contributed by atoms with Crippen molar-refractivity contribution in [3.8, 4) is 5.75 Å². The number of carbonyl (C=O) groups excluding carboxylic acids is 1. The van der Waals surface area contributed by atoms with Crippen LogP contribution in [0.3, 0.4) is 0 Å². The topological polar surface area (TPSA) is 79.9 Å². The molecule has 162 valence electrons. The lowest BCUT2D eigenvalue weighted by Crippen LogP contribution is -2.19. The van der Waals surface area contributed by atoms with Crippen molar-refractivity contribution >= 4 is 35.0 Å². The van der Waals surface area contributed by atoms with E-state index < -0.39 is 5.25 Å². The molecule has 1 unspecified atom stereocenters. The molecule has 0 saturated heterocycles. The Hall–Kier alpha value is -3.36. The van der Waals surface area contributed by atoms with E-state index in [1.165, 1.54) is 36.0 Å². The Labute approximate surface area is 193 Å². The Morgan fingerprint density at radius 3 is 2.50 bits per heavy atom. The lowest BCUT2D eigenvalue weighted by atomic mass is 10.1. The van der Waals surface area contributed by atoms with Crippen molar-refractivity contribution in [1.29, 1.82) is 0 Å². The summed E-state index contributed by atoms with van der Waals surface area (Å²) in [7, 11) is 0. The first-order chi connectivity index (χ1) is 15.6. The van der Waals surface area contributed by atoms with Gasteiger partial charge in [-0.2, -0.15) is 0 Å². The second kappa shape index (κ2) is 10.3. The number of halogens is 2. The second-order valence-electron chi connectivity index (χ2n) is 6.71. The number of rotatable bonds is 8. The smallest absolute Gasteiger partial charge is 0.242 e. The standard InChI is InChI=1S/C23H18ClFN4O2S/c24-16-6-12-19(13-7-16)31-14-20-27-23(29-28-20)32-21(15-4-2-1-3-5-15)22(30)26-18-10-8-17(25)9-11-18/h1-13,21H,14H2,(H,26,30)(H,27,28,29). The molecule has 0 fully saturated rings. The molecular weight excluding hydrogens is 451 g/mol. The fraction of sp³-hybridized carbons (Fsp3) is 0.0870. The van der Waals surface area contributed by atoms with E-state index in [4.69, 9.17) is 16.3 Å². The van der Waals surface area contributed by atoms with E-state index in [0.717, 1.165) is 5.56 Å². The molecule has 2 N–H and O–H groups in total. The number of amides is 1. The normalized spacial score (nSPS) is 11.7. The van der Waals surface area contributed by atoms with Crippen molar-refractivity contribution < 1.29 is 13.9 Å². The van der Waals surface area contributed by atoms with Gasteiger partial charge in [-0.1, -0.05) is 53.7 Å². The zero-order valence-corrected chi connectivity index (χ0v) is 18.2. The number of aromatic nitrogens is 3. The maximum absolute atomic E-state index is 13.2. The van der Waals surface area contributed by atoms with Gasteiger partial charge in [-0.15, -0.1) is 5.10 Å². The van der Waals surface area contributed by atoms with Gasteiger partial charge >= 0.3 is 0 Å². The zero-order chi connectivity index (χ0) is 22.3. The van der Waals surface area contributed by atoms with Crippen LogP contribution in [0.1, 0.15) is 16.6 Å². The highest BCUT2D eigenvalue weighted by Gasteiger charge is 2.24. The Morgan fingerprint density at radius 1 is 1.06 bits per heavy atom. The van der Waals surface area contributed by atoms with E-state index in [1.54, 1.807) is 24.3 Å². The van der Waals surface area contributed by atoms with Crippen LogP contribution in [0.2, 0.25) is 5.02 Å². The van der Waals surface area contributed by atoms with Gasteiger partial charge in [0.25, 0.3) is 0 Å². The van der Waals surface area contributed by atoms with Crippen LogP contribution in [0.5, 0.6) is 5.75 Å². The van der Waals surface area contributed by atoms with Gasteiger partial charge in [-0.05, 0) is 54.1 Å². The summed E-state index contributed by atoms with van der Waals surface area (Å²) in [5.41, 5.74) is 1.30. The van der Waals surface area contributed by atoms with Crippen LogP contribution >= 0.6 is 23.4 Å². The first kappa shape index (κ1) is 21.9. The van der Waals surface area contributed by atoms with E-state index >= 15 is 0 Å². The summed E-state index contributed by atoms with van der Waals surface area (Å²) in [6, 6.07) is 21.9. The number of hydrogen-bond acceptors (Lipinski definition) is 5. The van der Waals surface area contributed by atoms with E-state index in [1.807, 2.05) is 30.3 Å². The summed E-state index contributed by atoms with van der Waals surface area (Å²) in [6.07, 6.45) is 0. The first-order valence-electron chi connectivity index (χ1n) is 9.64. The number of hydrogen-bond donors (Lipinski definition) is 2. The highest BCUT2D eigenvalue weighted by molar-refractivity contribution is 8.00. The molecule has 0 saturated carbocycles. The number of carbonyl (C=O) groups is 1. The molecule has 6 nitrogen and oxygen atoms in total. The predicted octanol–water partition coefficient (Wildman–Crippen LogP) is 5.65. The fourth-order valence-electron chi connectivity index (χ4n) is 2.82. The molecule has 3 aromatic carbocycles. The second-order valence-corrected chi connectivity index (χ2v) is 8.22. The highest BCUT2D eigenvalue weighted by Crippen LogP contribution is 2.34. The van der Waals surface area contributed by atoms with Gasteiger partial charge in [0.15, 0.2) is 5.82 Å². The van der Waals surface area contributed by atoms with Gasteiger partial charge in [0, 0.05) is 10.7 Å². The molecule has 1 amide bonds. The minimum absolute atomic E-state index is 0.187. The number of anilines is 1. The number of ether oxygens (including phenoxy) is 1. The van der Waals surface area contributed by atoms with Gasteiger partial charge in [0.2, 0.25) is 11.1 Å². The zero-order valence-electron chi connectivity index (χ0n) is 16.7. The molecule has 0 aliphatic carbocycles. The molecule has 9 heteroatoms. The number of benzene rings is 3. The number of aromatic amines is 1.